The standard InChI is InChI=1S/C20H22N2OS/c23-20(11-10-18-7-4-14-24-18)22-13-12-21(17-8-9-17)15-19(22)16-5-2-1-3-6-16/h1-7,10-11,14,17,19H,8-9,12-13,15H2/b11-10+. The lowest BCUT2D eigenvalue weighted by Gasteiger charge is -2.41. The number of hydrogen-bond donors (Lipinski definition) is 0. The molecule has 2 aromatic rings. The molecule has 1 aliphatic carbocycles. The minimum absolute atomic E-state index is 0.118. The summed E-state index contributed by atoms with van der Waals surface area (Å²) >= 11 is 1.66. The van der Waals surface area contributed by atoms with Gasteiger partial charge in [0, 0.05) is 36.6 Å². The number of thiophene rings is 1. The number of rotatable bonds is 4. The molecule has 24 heavy (non-hydrogen) atoms. The third-order valence-electron chi connectivity index (χ3n) is 4.88. The molecule has 0 N–H and O–H groups in total. The molecule has 1 aliphatic heterocycles. The van der Waals surface area contributed by atoms with Crippen molar-refractivity contribution in [1.82, 2.24) is 9.80 Å². The molecule has 0 bridgehead atoms. The van der Waals surface area contributed by atoms with Gasteiger partial charge in [-0.1, -0.05) is 36.4 Å². The molecule has 1 unspecified atom stereocenters. The number of piperazine rings is 1. The van der Waals surface area contributed by atoms with E-state index < -0.39 is 0 Å². The van der Waals surface area contributed by atoms with Gasteiger partial charge in [-0.15, -0.1) is 11.3 Å². The lowest BCUT2D eigenvalue weighted by Crippen LogP contribution is -2.50. The molecule has 2 heterocycles. The lowest BCUT2D eigenvalue weighted by molar-refractivity contribution is -0.131. The highest BCUT2D eigenvalue weighted by Gasteiger charge is 2.37. The van der Waals surface area contributed by atoms with E-state index in [0.717, 1.165) is 30.6 Å². The summed E-state index contributed by atoms with van der Waals surface area (Å²) in [5, 5.41) is 2.03. The molecule has 1 saturated carbocycles. The van der Waals surface area contributed by atoms with Gasteiger partial charge in [0.05, 0.1) is 6.04 Å². The fraction of sp³-hybridized carbons (Fsp3) is 0.350. The maximum Gasteiger partial charge on any atom is 0.247 e. The SMILES string of the molecule is O=C(/C=C/c1cccs1)N1CCN(C2CC2)CC1c1ccccc1. The molecule has 4 heteroatoms. The van der Waals surface area contributed by atoms with E-state index >= 15 is 0 Å². The Labute approximate surface area is 147 Å². The van der Waals surface area contributed by atoms with Crippen LogP contribution in [-0.2, 0) is 4.79 Å². The lowest BCUT2D eigenvalue weighted by atomic mass is 10.0. The maximum absolute atomic E-state index is 12.8. The largest absolute Gasteiger partial charge is 0.330 e. The highest BCUT2D eigenvalue weighted by molar-refractivity contribution is 7.10. The van der Waals surface area contributed by atoms with Crippen molar-refractivity contribution in [3.05, 3.63) is 64.4 Å². The van der Waals surface area contributed by atoms with E-state index in [4.69, 9.17) is 0 Å². The Morgan fingerprint density at radius 3 is 2.62 bits per heavy atom. The quantitative estimate of drug-likeness (QED) is 0.792. The smallest absolute Gasteiger partial charge is 0.247 e. The first-order valence-corrected chi connectivity index (χ1v) is 9.50. The highest BCUT2D eigenvalue weighted by Crippen LogP contribution is 2.33. The fourth-order valence-corrected chi connectivity index (χ4v) is 4.05. The second-order valence-electron chi connectivity index (χ2n) is 6.53. The Bertz CT molecular complexity index is 707. The molecule has 1 saturated heterocycles. The second-order valence-corrected chi connectivity index (χ2v) is 7.51. The Balaban J connectivity index is 1.54. The molecule has 2 fully saturated rings. The molecule has 2 aliphatic rings. The second kappa shape index (κ2) is 6.91. The molecular formula is C20H22N2OS. The van der Waals surface area contributed by atoms with Crippen LogP contribution in [0.5, 0.6) is 0 Å². The molecule has 1 atom stereocenters. The first kappa shape index (κ1) is 15.6. The van der Waals surface area contributed by atoms with Crippen LogP contribution in [0.1, 0.15) is 29.3 Å². The van der Waals surface area contributed by atoms with E-state index in [1.807, 2.05) is 34.6 Å². The highest BCUT2D eigenvalue weighted by atomic mass is 32.1. The Hall–Kier alpha value is -1.91. The van der Waals surface area contributed by atoms with Crippen molar-refractivity contribution in [2.75, 3.05) is 19.6 Å². The summed E-state index contributed by atoms with van der Waals surface area (Å²) in [5.41, 5.74) is 1.24. The van der Waals surface area contributed by atoms with Crippen LogP contribution in [-0.4, -0.2) is 41.4 Å². The molecule has 4 rings (SSSR count). The van der Waals surface area contributed by atoms with Gasteiger partial charge in [0.2, 0.25) is 5.91 Å². The summed E-state index contributed by atoms with van der Waals surface area (Å²) in [4.78, 5) is 18.5. The Kier molecular flexibility index (Phi) is 4.50. The van der Waals surface area contributed by atoms with E-state index in [9.17, 15) is 4.79 Å². The van der Waals surface area contributed by atoms with Crippen LogP contribution < -0.4 is 0 Å². The molecule has 1 aromatic carbocycles. The van der Waals surface area contributed by atoms with Crippen LogP contribution >= 0.6 is 11.3 Å². The Morgan fingerprint density at radius 2 is 1.92 bits per heavy atom. The van der Waals surface area contributed by atoms with Gasteiger partial charge in [-0.2, -0.15) is 0 Å². The van der Waals surface area contributed by atoms with Crippen molar-refractivity contribution in [3.8, 4) is 0 Å². The van der Waals surface area contributed by atoms with Gasteiger partial charge in [0.1, 0.15) is 0 Å². The molecule has 0 spiro atoms. The van der Waals surface area contributed by atoms with E-state index in [1.165, 1.54) is 18.4 Å². The zero-order valence-corrected chi connectivity index (χ0v) is 14.5. The van der Waals surface area contributed by atoms with Crippen molar-refractivity contribution in [1.29, 1.82) is 0 Å². The third kappa shape index (κ3) is 3.45. The molecule has 1 amide bonds. The van der Waals surface area contributed by atoms with Crippen LogP contribution in [0.25, 0.3) is 6.08 Å². The summed E-state index contributed by atoms with van der Waals surface area (Å²) in [7, 11) is 0. The van der Waals surface area contributed by atoms with Crippen LogP contribution in [0, 0.1) is 0 Å². The van der Waals surface area contributed by atoms with Crippen molar-refractivity contribution < 1.29 is 4.79 Å². The topological polar surface area (TPSA) is 23.6 Å². The zero-order chi connectivity index (χ0) is 16.4. The fourth-order valence-electron chi connectivity index (χ4n) is 3.43. The monoisotopic (exact) mass is 338 g/mol. The maximum atomic E-state index is 12.8. The average Bonchev–Trinajstić information content (AvgIpc) is 3.36. The van der Waals surface area contributed by atoms with Gasteiger partial charge in [0.25, 0.3) is 0 Å². The van der Waals surface area contributed by atoms with Crippen LogP contribution in [0.4, 0.5) is 0 Å². The van der Waals surface area contributed by atoms with Crippen LogP contribution in [0.3, 0.4) is 0 Å². The number of benzene rings is 1. The first-order chi connectivity index (χ1) is 11.8. The summed E-state index contributed by atoms with van der Waals surface area (Å²) in [6.07, 6.45) is 6.29. The molecule has 124 valence electrons. The predicted molar refractivity (Wildman–Crippen MR) is 98.8 cm³/mol. The predicted octanol–water partition coefficient (Wildman–Crippen LogP) is 3.81. The van der Waals surface area contributed by atoms with Gasteiger partial charge in [0.15, 0.2) is 0 Å². The van der Waals surface area contributed by atoms with E-state index in [1.54, 1.807) is 17.4 Å². The number of nitrogens with zero attached hydrogens (tertiary/aromatic N) is 2. The summed E-state index contributed by atoms with van der Waals surface area (Å²) < 4.78 is 0. The summed E-state index contributed by atoms with van der Waals surface area (Å²) in [5.74, 6) is 0.118. The van der Waals surface area contributed by atoms with Gasteiger partial charge >= 0.3 is 0 Å². The van der Waals surface area contributed by atoms with E-state index in [-0.39, 0.29) is 11.9 Å². The zero-order valence-electron chi connectivity index (χ0n) is 13.7. The first-order valence-electron chi connectivity index (χ1n) is 8.62. The van der Waals surface area contributed by atoms with Crippen LogP contribution in [0.15, 0.2) is 53.9 Å². The van der Waals surface area contributed by atoms with E-state index in [2.05, 4.69) is 29.2 Å². The number of amides is 1. The average molecular weight is 338 g/mol. The normalized spacial score (nSPS) is 22.2. The Morgan fingerprint density at radius 1 is 1.08 bits per heavy atom. The van der Waals surface area contributed by atoms with E-state index in [0.29, 0.717) is 0 Å². The number of hydrogen-bond acceptors (Lipinski definition) is 3. The minimum atomic E-state index is 0.118. The molecular weight excluding hydrogens is 316 g/mol. The van der Waals surface area contributed by atoms with Gasteiger partial charge in [-0.3, -0.25) is 9.69 Å². The van der Waals surface area contributed by atoms with Gasteiger partial charge in [-0.05, 0) is 35.9 Å². The third-order valence-corrected chi connectivity index (χ3v) is 5.71. The van der Waals surface area contributed by atoms with Crippen molar-refractivity contribution in [2.24, 2.45) is 0 Å². The minimum Gasteiger partial charge on any atom is -0.330 e. The van der Waals surface area contributed by atoms with Crippen molar-refractivity contribution in [3.63, 3.8) is 0 Å². The summed E-state index contributed by atoms with van der Waals surface area (Å²) in [6, 6.07) is 15.4. The van der Waals surface area contributed by atoms with Crippen LogP contribution in [0.2, 0.25) is 0 Å². The van der Waals surface area contributed by atoms with Crippen molar-refractivity contribution >= 4 is 23.3 Å². The van der Waals surface area contributed by atoms with Crippen molar-refractivity contribution in [2.45, 2.75) is 24.9 Å². The molecule has 0 radical (unpaired) electrons. The van der Waals surface area contributed by atoms with Gasteiger partial charge < -0.3 is 4.90 Å². The summed E-state index contributed by atoms with van der Waals surface area (Å²) in [6.45, 7) is 2.75. The van der Waals surface area contributed by atoms with Gasteiger partial charge in [-0.25, -0.2) is 0 Å². The molecule has 1 aromatic heterocycles. The number of carbonyl (C=O) groups excluding carboxylic acids is 1. The number of carbonyl (C=O) groups is 1. The molecule has 3 nitrogen and oxygen atoms in total.